The van der Waals surface area contributed by atoms with Gasteiger partial charge in [-0.25, -0.2) is 0 Å². The van der Waals surface area contributed by atoms with Crippen LogP contribution < -0.4 is 0 Å². The van der Waals surface area contributed by atoms with E-state index < -0.39 is 5.60 Å². The van der Waals surface area contributed by atoms with E-state index >= 15 is 0 Å². The lowest BCUT2D eigenvalue weighted by molar-refractivity contribution is -0.0454. The van der Waals surface area contributed by atoms with Gasteiger partial charge >= 0.3 is 0 Å². The summed E-state index contributed by atoms with van der Waals surface area (Å²) in [7, 11) is 0. The number of hydrogen-bond acceptors (Lipinski definition) is 3. The van der Waals surface area contributed by atoms with Gasteiger partial charge in [-0.3, -0.25) is 0 Å². The zero-order chi connectivity index (χ0) is 20.4. The van der Waals surface area contributed by atoms with Crippen molar-refractivity contribution in [1.29, 1.82) is 0 Å². The SMILES string of the molecule is C[C@H](OCCC(C)(C)O)[C@H]1CC[C@H]2/C(=C/C=C3\CCC[C@H](O)C3)CCC[C@]12C. The van der Waals surface area contributed by atoms with Crippen molar-refractivity contribution in [3.8, 4) is 0 Å². The van der Waals surface area contributed by atoms with Crippen molar-refractivity contribution < 1.29 is 14.9 Å². The maximum absolute atomic E-state index is 9.94. The van der Waals surface area contributed by atoms with E-state index in [0.717, 1.165) is 25.7 Å². The molecule has 0 spiro atoms. The summed E-state index contributed by atoms with van der Waals surface area (Å²) in [6.07, 6.45) is 16.0. The van der Waals surface area contributed by atoms with Gasteiger partial charge in [0.05, 0.1) is 17.8 Å². The Bertz CT molecular complexity index is 585. The number of rotatable bonds is 6. The molecule has 3 rings (SSSR count). The van der Waals surface area contributed by atoms with Gasteiger partial charge < -0.3 is 14.9 Å². The second kappa shape index (κ2) is 9.02. The van der Waals surface area contributed by atoms with Gasteiger partial charge in [0, 0.05) is 6.61 Å². The van der Waals surface area contributed by atoms with E-state index in [-0.39, 0.29) is 12.2 Å². The Hall–Kier alpha value is -0.640. The van der Waals surface area contributed by atoms with Gasteiger partial charge in [-0.05, 0) is 102 Å². The Morgan fingerprint density at radius 2 is 1.96 bits per heavy atom. The quantitative estimate of drug-likeness (QED) is 0.624. The molecule has 3 aliphatic carbocycles. The number of hydrogen-bond donors (Lipinski definition) is 2. The van der Waals surface area contributed by atoms with Gasteiger partial charge in [0.25, 0.3) is 0 Å². The maximum Gasteiger partial charge on any atom is 0.0613 e. The topological polar surface area (TPSA) is 49.7 Å². The molecule has 0 aromatic heterocycles. The number of aliphatic hydroxyl groups is 2. The zero-order valence-corrected chi connectivity index (χ0v) is 18.5. The van der Waals surface area contributed by atoms with Gasteiger partial charge in [-0.1, -0.05) is 30.2 Å². The smallest absolute Gasteiger partial charge is 0.0613 e. The second-order valence-electron chi connectivity index (χ2n) is 10.6. The number of fused-ring (bicyclic) bond motifs is 1. The van der Waals surface area contributed by atoms with Gasteiger partial charge in [-0.15, -0.1) is 0 Å². The molecule has 3 aliphatic rings. The fourth-order valence-corrected chi connectivity index (χ4v) is 6.11. The lowest BCUT2D eigenvalue weighted by Crippen LogP contribution is -2.39. The summed E-state index contributed by atoms with van der Waals surface area (Å²) in [5.74, 6) is 1.28. The third kappa shape index (κ3) is 5.29. The molecule has 5 atom stereocenters. The predicted molar refractivity (Wildman–Crippen MR) is 115 cm³/mol. The lowest BCUT2D eigenvalue weighted by Gasteiger charge is -2.44. The van der Waals surface area contributed by atoms with Crippen molar-refractivity contribution >= 4 is 0 Å². The Kier molecular flexibility index (Phi) is 7.10. The summed E-state index contributed by atoms with van der Waals surface area (Å²) in [5.41, 5.74) is 2.75. The van der Waals surface area contributed by atoms with Crippen molar-refractivity contribution in [2.24, 2.45) is 17.3 Å². The predicted octanol–water partition coefficient (Wildman–Crippen LogP) is 5.56. The fourth-order valence-electron chi connectivity index (χ4n) is 6.11. The molecule has 0 amide bonds. The summed E-state index contributed by atoms with van der Waals surface area (Å²) in [4.78, 5) is 0. The molecule has 3 heteroatoms. The third-order valence-electron chi connectivity index (χ3n) is 7.77. The average molecular weight is 391 g/mol. The Morgan fingerprint density at radius 1 is 1.18 bits per heavy atom. The minimum absolute atomic E-state index is 0.132. The molecule has 0 heterocycles. The lowest BCUT2D eigenvalue weighted by atomic mass is 9.62. The molecule has 160 valence electrons. The molecule has 0 aromatic carbocycles. The minimum atomic E-state index is -0.650. The molecule has 0 radical (unpaired) electrons. The number of ether oxygens (including phenoxy) is 1. The first-order chi connectivity index (χ1) is 13.2. The monoisotopic (exact) mass is 390 g/mol. The van der Waals surface area contributed by atoms with Crippen LogP contribution >= 0.6 is 0 Å². The summed E-state index contributed by atoms with van der Waals surface area (Å²) in [6, 6.07) is 0. The first-order valence-corrected chi connectivity index (χ1v) is 11.6. The maximum atomic E-state index is 9.94. The number of aliphatic hydroxyl groups excluding tert-OH is 1. The highest BCUT2D eigenvalue weighted by Gasteiger charge is 2.51. The van der Waals surface area contributed by atoms with Crippen molar-refractivity contribution in [1.82, 2.24) is 0 Å². The van der Waals surface area contributed by atoms with E-state index in [1.807, 2.05) is 13.8 Å². The van der Waals surface area contributed by atoms with Crippen LogP contribution in [0.2, 0.25) is 0 Å². The van der Waals surface area contributed by atoms with Crippen LogP contribution in [0.3, 0.4) is 0 Å². The summed E-state index contributed by atoms with van der Waals surface area (Å²) in [6.45, 7) is 9.08. The molecule has 0 saturated heterocycles. The molecule has 28 heavy (non-hydrogen) atoms. The largest absolute Gasteiger partial charge is 0.393 e. The summed E-state index contributed by atoms with van der Waals surface area (Å²) >= 11 is 0. The zero-order valence-electron chi connectivity index (χ0n) is 18.5. The average Bonchev–Trinajstić information content (AvgIpc) is 2.96. The fraction of sp³-hybridized carbons (Fsp3) is 0.840. The molecule has 0 bridgehead atoms. The van der Waals surface area contributed by atoms with Crippen LogP contribution in [-0.4, -0.2) is 34.6 Å². The van der Waals surface area contributed by atoms with Gasteiger partial charge in [0.1, 0.15) is 0 Å². The van der Waals surface area contributed by atoms with Gasteiger partial charge in [-0.2, -0.15) is 0 Å². The highest BCUT2D eigenvalue weighted by atomic mass is 16.5. The summed E-state index contributed by atoms with van der Waals surface area (Å²) in [5, 5.41) is 19.9. The van der Waals surface area contributed by atoms with E-state index in [4.69, 9.17) is 4.74 Å². The Morgan fingerprint density at radius 3 is 2.68 bits per heavy atom. The third-order valence-corrected chi connectivity index (χ3v) is 7.77. The molecule has 0 aromatic rings. The van der Waals surface area contributed by atoms with Crippen LogP contribution in [0.5, 0.6) is 0 Å². The van der Waals surface area contributed by atoms with Crippen LogP contribution in [0.25, 0.3) is 0 Å². The molecule has 2 N–H and O–H groups in total. The first kappa shape index (κ1) is 22.1. The van der Waals surface area contributed by atoms with E-state index in [9.17, 15) is 10.2 Å². The molecule has 0 aliphatic heterocycles. The Balaban J connectivity index is 1.65. The first-order valence-electron chi connectivity index (χ1n) is 11.6. The van der Waals surface area contributed by atoms with Crippen LogP contribution in [0.15, 0.2) is 23.3 Å². The highest BCUT2D eigenvalue weighted by Crippen LogP contribution is 2.58. The van der Waals surface area contributed by atoms with E-state index in [2.05, 4.69) is 26.0 Å². The normalized spacial score (nSPS) is 38.0. The Labute approximate surface area is 172 Å². The molecular formula is C25H42O3. The molecule has 3 saturated carbocycles. The molecule has 3 nitrogen and oxygen atoms in total. The van der Waals surface area contributed by atoms with Crippen LogP contribution in [0.4, 0.5) is 0 Å². The van der Waals surface area contributed by atoms with Crippen molar-refractivity contribution in [3.05, 3.63) is 23.3 Å². The second-order valence-corrected chi connectivity index (χ2v) is 10.6. The van der Waals surface area contributed by atoms with Crippen molar-refractivity contribution in [2.45, 2.75) is 110 Å². The standard InChI is InChI=1S/C25H42O3/c1-18(28-16-15-24(2,3)27)22-12-13-23-20(8-6-14-25(22,23)4)11-10-19-7-5-9-21(26)17-19/h10-11,18,21-23,26-27H,5-9,12-17H2,1-4H3/b19-10+,20-11+/t18-,21-,22+,23-,25+/m0/s1. The molecular weight excluding hydrogens is 348 g/mol. The summed E-state index contributed by atoms with van der Waals surface area (Å²) < 4.78 is 6.20. The van der Waals surface area contributed by atoms with Gasteiger partial charge in [0.15, 0.2) is 0 Å². The van der Waals surface area contributed by atoms with Gasteiger partial charge in [0.2, 0.25) is 0 Å². The van der Waals surface area contributed by atoms with Crippen LogP contribution in [-0.2, 0) is 4.74 Å². The molecule has 0 unspecified atom stereocenters. The van der Waals surface area contributed by atoms with Crippen LogP contribution in [0, 0.1) is 17.3 Å². The van der Waals surface area contributed by atoms with Crippen LogP contribution in [0.1, 0.15) is 91.9 Å². The van der Waals surface area contributed by atoms with E-state index in [1.54, 1.807) is 5.57 Å². The minimum Gasteiger partial charge on any atom is -0.393 e. The van der Waals surface area contributed by atoms with E-state index in [1.165, 1.54) is 37.7 Å². The van der Waals surface area contributed by atoms with Crippen molar-refractivity contribution in [3.63, 3.8) is 0 Å². The number of allylic oxidation sites excluding steroid dienone is 3. The van der Waals surface area contributed by atoms with Crippen molar-refractivity contribution in [2.75, 3.05) is 6.61 Å². The molecule has 3 fully saturated rings. The van der Waals surface area contributed by atoms with E-state index in [0.29, 0.717) is 30.3 Å². The highest BCUT2D eigenvalue weighted by molar-refractivity contribution is 5.25.